The van der Waals surface area contributed by atoms with Crippen LogP contribution in [0.25, 0.3) is 0 Å². The van der Waals surface area contributed by atoms with E-state index in [4.69, 9.17) is 18.9 Å². The third-order valence-electron chi connectivity index (χ3n) is 5.20. The number of ether oxygens (including phenoxy) is 4. The highest BCUT2D eigenvalue weighted by Crippen LogP contribution is 2.18. The van der Waals surface area contributed by atoms with Crippen molar-refractivity contribution in [2.75, 3.05) is 13.7 Å². The Morgan fingerprint density at radius 2 is 1.46 bits per heavy atom. The van der Waals surface area contributed by atoms with Gasteiger partial charge in [0.2, 0.25) is 0 Å². The molecule has 0 amide bonds. The van der Waals surface area contributed by atoms with Gasteiger partial charge in [0.15, 0.2) is 24.6 Å². The van der Waals surface area contributed by atoms with Gasteiger partial charge >= 0.3 is 17.9 Å². The molecule has 2 unspecified atom stereocenters. The minimum Gasteiger partial charge on any atom is -0.461 e. The molecule has 8 nitrogen and oxygen atoms in total. The normalized spacial score (nSPS) is 12.3. The van der Waals surface area contributed by atoms with Crippen LogP contribution < -0.4 is 0 Å². The summed E-state index contributed by atoms with van der Waals surface area (Å²) in [5.41, 5.74) is 1.52. The number of methoxy groups -OCH3 is 1. The van der Waals surface area contributed by atoms with Gasteiger partial charge in [0.1, 0.15) is 6.61 Å². The summed E-state index contributed by atoms with van der Waals surface area (Å²) in [5, 5.41) is 0. The lowest BCUT2D eigenvalue weighted by atomic mass is 10.1. The molecule has 0 heterocycles. The van der Waals surface area contributed by atoms with Crippen molar-refractivity contribution in [3.63, 3.8) is 0 Å². The first-order chi connectivity index (χ1) is 16.9. The van der Waals surface area contributed by atoms with E-state index in [2.05, 4.69) is 0 Å². The number of esters is 3. The second-order valence-electron chi connectivity index (χ2n) is 7.97. The molecular formula is C27H32O8. The maximum absolute atomic E-state index is 12.3. The minimum atomic E-state index is -0.966. The smallest absolute Gasteiger partial charge is 0.344 e. The van der Waals surface area contributed by atoms with Crippen LogP contribution in [0.4, 0.5) is 0 Å². The van der Waals surface area contributed by atoms with E-state index < -0.39 is 30.8 Å². The van der Waals surface area contributed by atoms with Crippen molar-refractivity contribution in [2.45, 2.75) is 57.8 Å². The van der Waals surface area contributed by atoms with Crippen LogP contribution in [0.3, 0.4) is 0 Å². The van der Waals surface area contributed by atoms with Gasteiger partial charge in [-0.2, -0.15) is 0 Å². The zero-order chi connectivity index (χ0) is 25.5. The average molecular weight is 485 g/mol. The summed E-state index contributed by atoms with van der Waals surface area (Å²) >= 11 is 0. The third kappa shape index (κ3) is 10.5. The van der Waals surface area contributed by atoms with Crippen molar-refractivity contribution >= 4 is 23.7 Å². The number of hydrogen-bond donors (Lipinski definition) is 0. The van der Waals surface area contributed by atoms with Crippen LogP contribution in [0.15, 0.2) is 60.7 Å². The highest BCUT2D eigenvalue weighted by Gasteiger charge is 2.24. The summed E-state index contributed by atoms with van der Waals surface area (Å²) in [6.45, 7) is 0.951. The quantitative estimate of drug-likeness (QED) is 0.211. The van der Waals surface area contributed by atoms with E-state index in [1.807, 2.05) is 30.3 Å². The topological polar surface area (TPSA) is 105 Å². The van der Waals surface area contributed by atoms with Gasteiger partial charge in [0.05, 0.1) is 0 Å². The Morgan fingerprint density at radius 3 is 2.09 bits per heavy atom. The lowest BCUT2D eigenvalue weighted by Gasteiger charge is -2.17. The second kappa shape index (κ2) is 15.4. The molecular weight excluding hydrogens is 452 g/mol. The van der Waals surface area contributed by atoms with Crippen molar-refractivity contribution < 1.29 is 38.1 Å². The van der Waals surface area contributed by atoms with E-state index in [1.165, 1.54) is 14.0 Å². The Hall–Kier alpha value is -3.52. The molecule has 35 heavy (non-hydrogen) atoms. The largest absolute Gasteiger partial charge is 0.461 e. The fraction of sp³-hybridized carbons (Fsp3) is 0.407. The van der Waals surface area contributed by atoms with Crippen molar-refractivity contribution in [1.29, 1.82) is 0 Å². The molecule has 0 fully saturated rings. The molecule has 8 heteroatoms. The Balaban J connectivity index is 1.65. The van der Waals surface area contributed by atoms with Crippen LogP contribution in [0.5, 0.6) is 0 Å². The summed E-state index contributed by atoms with van der Waals surface area (Å²) in [4.78, 5) is 48.1. The molecule has 0 bridgehead atoms. The Morgan fingerprint density at radius 1 is 0.800 bits per heavy atom. The first kappa shape index (κ1) is 27.7. The van der Waals surface area contributed by atoms with Gasteiger partial charge < -0.3 is 18.9 Å². The highest BCUT2D eigenvalue weighted by atomic mass is 16.6. The molecule has 188 valence electrons. The zero-order valence-corrected chi connectivity index (χ0v) is 20.1. The van der Waals surface area contributed by atoms with Gasteiger partial charge in [-0.15, -0.1) is 0 Å². The molecule has 0 saturated heterocycles. The molecule has 2 aromatic rings. The molecule has 0 radical (unpaired) electrons. The molecule has 0 aliphatic heterocycles. The lowest BCUT2D eigenvalue weighted by Crippen LogP contribution is -2.29. The maximum atomic E-state index is 12.3. The van der Waals surface area contributed by atoms with E-state index in [-0.39, 0.29) is 24.8 Å². The number of ketones is 1. The first-order valence-electron chi connectivity index (χ1n) is 11.5. The molecule has 0 aliphatic carbocycles. The molecule has 2 rings (SSSR count). The van der Waals surface area contributed by atoms with Crippen molar-refractivity contribution in [2.24, 2.45) is 0 Å². The average Bonchev–Trinajstić information content (AvgIpc) is 2.87. The van der Waals surface area contributed by atoms with Crippen LogP contribution in [-0.4, -0.2) is 43.5 Å². The van der Waals surface area contributed by atoms with Gasteiger partial charge in [0, 0.05) is 13.5 Å². The molecule has 2 aromatic carbocycles. The number of carbonyl (C=O) groups excluding carboxylic acids is 4. The SMILES string of the molecule is COC(C(=O)OCC(=O)OC(CCCCCC(=O)OCc1ccccc1)C(C)=O)c1ccccc1. The molecule has 0 saturated carbocycles. The van der Waals surface area contributed by atoms with Gasteiger partial charge in [-0.1, -0.05) is 67.1 Å². The fourth-order valence-electron chi connectivity index (χ4n) is 3.33. The van der Waals surface area contributed by atoms with Crippen molar-refractivity contribution in [3.8, 4) is 0 Å². The number of Topliss-reactive ketones (excluding diaryl/α,β-unsaturated/α-hetero) is 1. The summed E-state index contributed by atoms with van der Waals surface area (Å²) in [6, 6.07) is 18.2. The van der Waals surface area contributed by atoms with Gasteiger partial charge in [-0.25, -0.2) is 9.59 Å². The monoisotopic (exact) mass is 484 g/mol. The summed E-state index contributed by atoms with van der Waals surface area (Å²) in [6.07, 6.45) is 0.549. The van der Waals surface area contributed by atoms with Crippen molar-refractivity contribution in [3.05, 3.63) is 71.8 Å². The zero-order valence-electron chi connectivity index (χ0n) is 20.1. The molecule has 0 aliphatic rings. The third-order valence-corrected chi connectivity index (χ3v) is 5.20. The van der Waals surface area contributed by atoms with Crippen molar-refractivity contribution in [1.82, 2.24) is 0 Å². The first-order valence-corrected chi connectivity index (χ1v) is 11.5. The predicted octanol–water partition coefficient (Wildman–Crippen LogP) is 4.11. The van der Waals surface area contributed by atoms with E-state index in [0.717, 1.165) is 5.56 Å². The number of benzene rings is 2. The van der Waals surface area contributed by atoms with E-state index in [1.54, 1.807) is 30.3 Å². The predicted molar refractivity (Wildman–Crippen MR) is 127 cm³/mol. The fourth-order valence-corrected chi connectivity index (χ4v) is 3.33. The standard InChI is InChI=1S/C27H32O8/c1-20(28)23(16-10-5-11-17-24(29)33-18-21-12-6-3-7-13-21)35-25(30)19-34-27(31)26(32-2)22-14-8-4-9-15-22/h3-4,6-9,12-15,23,26H,5,10-11,16-19H2,1-2H3. The van der Waals surface area contributed by atoms with Crippen LogP contribution in [0.1, 0.15) is 56.3 Å². The Kier molecular flexibility index (Phi) is 12.2. The van der Waals surface area contributed by atoms with E-state index in [0.29, 0.717) is 31.2 Å². The van der Waals surface area contributed by atoms with E-state index >= 15 is 0 Å². The van der Waals surface area contributed by atoms with Crippen LogP contribution >= 0.6 is 0 Å². The minimum absolute atomic E-state index is 0.239. The van der Waals surface area contributed by atoms with Crippen LogP contribution in [-0.2, 0) is 44.7 Å². The summed E-state index contributed by atoms with van der Waals surface area (Å²) < 4.78 is 20.6. The molecule has 0 N–H and O–H groups in total. The van der Waals surface area contributed by atoms with Crippen LogP contribution in [0, 0.1) is 0 Å². The second-order valence-corrected chi connectivity index (χ2v) is 7.97. The molecule has 0 spiro atoms. The van der Waals surface area contributed by atoms with Gasteiger partial charge in [-0.3, -0.25) is 9.59 Å². The van der Waals surface area contributed by atoms with Crippen LogP contribution in [0.2, 0.25) is 0 Å². The van der Waals surface area contributed by atoms with Gasteiger partial charge in [-0.05, 0) is 37.3 Å². The maximum Gasteiger partial charge on any atom is 0.344 e. The van der Waals surface area contributed by atoms with Gasteiger partial charge in [0.25, 0.3) is 0 Å². The molecule has 2 atom stereocenters. The Bertz CT molecular complexity index is 942. The highest BCUT2D eigenvalue weighted by molar-refractivity contribution is 5.85. The summed E-state index contributed by atoms with van der Waals surface area (Å²) in [5.74, 6) is -2.12. The lowest BCUT2D eigenvalue weighted by molar-refractivity contribution is -0.169. The van der Waals surface area contributed by atoms with E-state index in [9.17, 15) is 19.2 Å². The number of carbonyl (C=O) groups is 4. The number of rotatable bonds is 15. The molecule has 0 aromatic heterocycles. The number of unbranched alkanes of at least 4 members (excludes halogenated alkanes) is 2. The summed E-state index contributed by atoms with van der Waals surface area (Å²) in [7, 11) is 1.37. The number of hydrogen-bond acceptors (Lipinski definition) is 8. The Labute approximate surface area is 205 Å².